The van der Waals surface area contributed by atoms with Crippen LogP contribution >= 0.6 is 11.6 Å². The maximum atomic E-state index is 5.57. The van der Waals surface area contributed by atoms with E-state index in [-0.39, 0.29) is 51.4 Å². The Labute approximate surface area is 137 Å². The molecule has 0 saturated carbocycles. The zero-order valence-electron chi connectivity index (χ0n) is 9.08. The smallest absolute Gasteiger partial charge is 0.259 e. The van der Waals surface area contributed by atoms with E-state index in [1.807, 2.05) is 32.0 Å². The minimum atomic E-state index is 0. The largest absolute Gasteiger partial charge is 1.00 e. The molecule has 5 heteroatoms. The Morgan fingerprint density at radius 3 is 2.53 bits per heavy atom. The van der Waals surface area contributed by atoms with Crippen molar-refractivity contribution in [3.63, 3.8) is 0 Å². The van der Waals surface area contributed by atoms with Gasteiger partial charge in [0.2, 0.25) is 5.28 Å². The third-order valence-corrected chi connectivity index (χ3v) is 1.58. The molecule has 0 amide bonds. The molecule has 0 saturated heterocycles. The van der Waals surface area contributed by atoms with Gasteiger partial charge in [-0.2, -0.15) is 0 Å². The van der Waals surface area contributed by atoms with E-state index in [9.17, 15) is 0 Å². The van der Waals surface area contributed by atoms with Crippen LogP contribution in [0.5, 0.6) is 0 Å². The second kappa shape index (κ2) is 8.44. The van der Waals surface area contributed by atoms with Crippen molar-refractivity contribution in [2.24, 2.45) is 0 Å². The van der Waals surface area contributed by atoms with Gasteiger partial charge in [-0.25, -0.2) is 10.1 Å². The molecule has 15 heavy (non-hydrogen) atoms. The second-order valence-corrected chi connectivity index (χ2v) is 2.58. The minimum Gasteiger partial charge on any atom is -0.259 e. The van der Waals surface area contributed by atoms with Crippen LogP contribution in [0.4, 0.5) is 0 Å². The number of benzene rings is 1. The van der Waals surface area contributed by atoms with E-state index in [1.165, 1.54) is 0 Å². The van der Waals surface area contributed by atoms with Crippen LogP contribution < -0.4 is 51.4 Å². The first-order chi connectivity index (χ1) is 6.86. The molecule has 0 atom stereocenters. The molecule has 0 fully saturated rings. The Morgan fingerprint density at radius 2 is 2.07 bits per heavy atom. The first kappa shape index (κ1) is 15.3. The van der Waals surface area contributed by atoms with Gasteiger partial charge in [-0.3, -0.25) is 5.10 Å². The van der Waals surface area contributed by atoms with Gasteiger partial charge < -0.3 is 0 Å². The quantitative estimate of drug-likeness (QED) is 0.568. The summed E-state index contributed by atoms with van der Waals surface area (Å²) >= 11 is 5.57. The first-order valence-corrected chi connectivity index (χ1v) is 4.79. The number of hydrogen-bond acceptors (Lipinski definition) is 2. The predicted molar refractivity (Wildman–Crippen MR) is 57.0 cm³/mol. The minimum absolute atomic E-state index is 0. The zero-order valence-corrected chi connectivity index (χ0v) is 13.0. The molecule has 1 aromatic heterocycles. The van der Waals surface area contributed by atoms with E-state index in [2.05, 4.69) is 21.2 Å². The van der Waals surface area contributed by atoms with Gasteiger partial charge in [0.15, 0.2) is 0 Å². The van der Waals surface area contributed by atoms with Crippen molar-refractivity contribution in [1.82, 2.24) is 15.2 Å². The summed E-state index contributed by atoms with van der Waals surface area (Å²) in [6, 6.07) is 10.5. The van der Waals surface area contributed by atoms with E-state index in [0.29, 0.717) is 11.1 Å². The fraction of sp³-hybridized carbons (Fsp3) is 0.200. The predicted octanol–water partition coefficient (Wildman–Crippen LogP) is -0.0445. The number of hydrogen-bond donors (Lipinski definition) is 1. The standard InChI is InChI=1S/C8H5ClN3.C2H6.K/c9-8-10-7(11-12-8)6-4-2-1-3-5-6;1-2;/h1-4H,(H,10,11,12);1-2H3;/q-1;;+1. The van der Waals surface area contributed by atoms with Gasteiger partial charge in [0.1, 0.15) is 0 Å². The molecule has 0 bridgehead atoms. The van der Waals surface area contributed by atoms with Crippen LogP contribution in [0.15, 0.2) is 24.3 Å². The van der Waals surface area contributed by atoms with Gasteiger partial charge in [-0.1, -0.05) is 13.8 Å². The van der Waals surface area contributed by atoms with Crippen molar-refractivity contribution >= 4 is 11.6 Å². The number of H-pyrrole nitrogens is 1. The van der Waals surface area contributed by atoms with Crippen LogP contribution in [0.25, 0.3) is 11.4 Å². The average Bonchev–Trinajstić information content (AvgIpc) is 2.69. The molecule has 1 aromatic carbocycles. The third-order valence-electron chi connectivity index (χ3n) is 1.41. The van der Waals surface area contributed by atoms with E-state index < -0.39 is 0 Å². The Bertz CT molecular complexity index is 375. The first-order valence-electron chi connectivity index (χ1n) is 4.41. The topological polar surface area (TPSA) is 41.6 Å². The molecule has 74 valence electrons. The summed E-state index contributed by atoms with van der Waals surface area (Å²) in [4.78, 5) is 3.95. The Morgan fingerprint density at radius 1 is 1.33 bits per heavy atom. The summed E-state index contributed by atoms with van der Waals surface area (Å²) in [5, 5.41) is 6.73. The molecule has 0 aliphatic rings. The van der Waals surface area contributed by atoms with Crippen LogP contribution in [0, 0.1) is 6.07 Å². The molecule has 1 N–H and O–H groups in total. The van der Waals surface area contributed by atoms with Crippen molar-refractivity contribution in [2.75, 3.05) is 0 Å². The average molecular weight is 248 g/mol. The van der Waals surface area contributed by atoms with Gasteiger partial charge in [0, 0.05) is 0 Å². The molecule has 2 rings (SSSR count). The number of nitrogens with zero attached hydrogens (tertiary/aromatic N) is 2. The van der Waals surface area contributed by atoms with Crippen LogP contribution in [-0.4, -0.2) is 15.2 Å². The normalized spacial score (nSPS) is 8.47. The number of aromatic amines is 1. The van der Waals surface area contributed by atoms with E-state index >= 15 is 0 Å². The number of rotatable bonds is 1. The number of halogens is 1. The van der Waals surface area contributed by atoms with Crippen molar-refractivity contribution in [3.05, 3.63) is 35.6 Å². The number of aromatic nitrogens is 3. The van der Waals surface area contributed by atoms with Crippen LogP contribution in [0.3, 0.4) is 0 Å². The summed E-state index contributed by atoms with van der Waals surface area (Å²) in [6.07, 6.45) is 0. The maximum absolute atomic E-state index is 5.57. The van der Waals surface area contributed by atoms with Gasteiger partial charge in [-0.15, -0.1) is 35.9 Å². The molecule has 1 heterocycles. The molecular weight excluding hydrogens is 237 g/mol. The molecule has 0 spiro atoms. The molecule has 0 unspecified atom stereocenters. The van der Waals surface area contributed by atoms with Crippen LogP contribution in [0.2, 0.25) is 5.28 Å². The van der Waals surface area contributed by atoms with E-state index in [4.69, 9.17) is 11.6 Å². The zero-order chi connectivity index (χ0) is 10.4. The van der Waals surface area contributed by atoms with Crippen molar-refractivity contribution in [3.8, 4) is 11.4 Å². The van der Waals surface area contributed by atoms with Crippen molar-refractivity contribution in [1.29, 1.82) is 0 Å². The second-order valence-electron chi connectivity index (χ2n) is 2.23. The summed E-state index contributed by atoms with van der Waals surface area (Å²) in [7, 11) is 0. The molecule has 0 aliphatic carbocycles. The summed E-state index contributed by atoms with van der Waals surface area (Å²) in [5.41, 5.74) is 0.834. The fourth-order valence-electron chi connectivity index (χ4n) is 0.895. The SMILES string of the molecule is CC.Clc1nc(-c2[c-]cccc2)n[nH]1.[K+]. The van der Waals surface area contributed by atoms with E-state index in [0.717, 1.165) is 5.56 Å². The summed E-state index contributed by atoms with van der Waals surface area (Å²) in [6.45, 7) is 4.00. The molecule has 0 radical (unpaired) electrons. The summed E-state index contributed by atoms with van der Waals surface area (Å²) < 4.78 is 0. The van der Waals surface area contributed by atoms with Crippen LogP contribution in [-0.2, 0) is 0 Å². The van der Waals surface area contributed by atoms with Crippen LogP contribution in [0.1, 0.15) is 13.8 Å². The monoisotopic (exact) mass is 247 g/mol. The molecule has 0 aliphatic heterocycles. The fourth-order valence-corrected chi connectivity index (χ4v) is 1.02. The van der Waals surface area contributed by atoms with Crippen molar-refractivity contribution < 1.29 is 51.4 Å². The summed E-state index contributed by atoms with van der Waals surface area (Å²) in [5.74, 6) is 0.570. The molecule has 2 aromatic rings. The maximum Gasteiger partial charge on any atom is 1.00 e. The Balaban J connectivity index is 0.000000617. The Hall–Kier alpha value is 0.286. The number of nitrogens with one attached hydrogen (secondary N) is 1. The molecular formula is C10H11ClKN3. The van der Waals surface area contributed by atoms with E-state index in [1.54, 1.807) is 6.07 Å². The molecule has 3 nitrogen and oxygen atoms in total. The van der Waals surface area contributed by atoms with Gasteiger partial charge >= 0.3 is 51.4 Å². The van der Waals surface area contributed by atoms with Crippen molar-refractivity contribution in [2.45, 2.75) is 13.8 Å². The van der Waals surface area contributed by atoms with Gasteiger partial charge in [0.25, 0.3) is 0 Å². The van der Waals surface area contributed by atoms with Gasteiger partial charge in [0.05, 0.1) is 5.82 Å². The van der Waals surface area contributed by atoms with Gasteiger partial charge in [-0.05, 0) is 11.6 Å². The third kappa shape index (κ3) is 4.76. The Kier molecular flexibility index (Phi) is 8.60.